The van der Waals surface area contributed by atoms with Crippen molar-refractivity contribution in [3.05, 3.63) is 75.9 Å². The molecule has 3 aromatic heterocycles. The molecule has 0 radical (unpaired) electrons. The van der Waals surface area contributed by atoms with E-state index in [-0.39, 0.29) is 60.5 Å². The van der Waals surface area contributed by atoms with E-state index in [2.05, 4.69) is 57.5 Å². The molecule has 2 saturated heterocycles. The van der Waals surface area contributed by atoms with Crippen LogP contribution in [0.2, 0.25) is 0 Å². The number of aromatic amines is 1. The molecule has 0 bridgehead atoms. The van der Waals surface area contributed by atoms with Crippen LogP contribution in [0, 0.1) is 17.7 Å². The zero-order valence-corrected chi connectivity index (χ0v) is 41.9. The molecular weight excluding hydrogens is 912 g/mol. The second-order valence-electron chi connectivity index (χ2n) is 20.1. The van der Waals surface area contributed by atoms with Gasteiger partial charge in [-0.05, 0) is 114 Å². The number of halogens is 1. The molecule has 1 aliphatic carbocycles. The summed E-state index contributed by atoms with van der Waals surface area (Å²) in [7, 11) is 3.16. The summed E-state index contributed by atoms with van der Waals surface area (Å²) in [6.45, 7) is 11.6. The second-order valence-corrected chi connectivity index (χ2v) is 21.2. The van der Waals surface area contributed by atoms with Crippen molar-refractivity contribution >= 4 is 46.0 Å². The monoisotopic (exact) mass is 976 g/mol. The minimum absolute atomic E-state index is 0.110. The summed E-state index contributed by atoms with van der Waals surface area (Å²) in [6, 6.07) is 10.2. The third-order valence-electron chi connectivity index (χ3n) is 14.6. The minimum Gasteiger partial charge on any atom is -0.464 e. The molecule has 1 saturated carbocycles. The van der Waals surface area contributed by atoms with E-state index in [0.29, 0.717) is 60.4 Å². The average molecular weight is 977 g/mol. The van der Waals surface area contributed by atoms with Crippen molar-refractivity contribution in [1.82, 2.24) is 45.3 Å². The molecule has 4 N–H and O–H groups in total. The topological polar surface area (TPSA) is 180 Å². The average Bonchev–Trinajstić information content (AvgIpc) is 3.92. The van der Waals surface area contributed by atoms with Gasteiger partial charge < -0.3 is 44.9 Å². The van der Waals surface area contributed by atoms with Gasteiger partial charge in [-0.2, -0.15) is 0 Å². The number of aromatic nitrogens is 4. The molecule has 8 atom stereocenters. The van der Waals surface area contributed by atoms with Crippen molar-refractivity contribution in [2.24, 2.45) is 16.8 Å². The van der Waals surface area contributed by atoms with Crippen molar-refractivity contribution in [2.45, 2.75) is 128 Å². The van der Waals surface area contributed by atoms with Crippen LogP contribution in [-0.2, 0) is 19.1 Å². The number of aliphatic imine (C=N–C) groups is 1. The van der Waals surface area contributed by atoms with Crippen LogP contribution in [0.3, 0.4) is 0 Å². The van der Waals surface area contributed by atoms with Crippen LogP contribution >= 0.6 is 11.3 Å². The van der Waals surface area contributed by atoms with Gasteiger partial charge in [-0.1, -0.05) is 26.8 Å². The quantitative estimate of drug-likeness (QED) is 0.0799. The number of imidazole rings is 1. The molecule has 70 heavy (non-hydrogen) atoms. The maximum absolute atomic E-state index is 16.9. The van der Waals surface area contributed by atoms with Gasteiger partial charge in [0, 0.05) is 36.2 Å². The molecular formula is C52H65FN10O6S. The summed E-state index contributed by atoms with van der Waals surface area (Å²) in [5.74, 6) is 1.76. The van der Waals surface area contributed by atoms with E-state index >= 15 is 4.39 Å². The Morgan fingerprint density at radius 3 is 2.59 bits per heavy atom. The number of likely N-dealkylation sites (tertiary alicyclic amines) is 1. The molecule has 3 amide bonds. The molecule has 4 aliphatic heterocycles. The van der Waals surface area contributed by atoms with E-state index < -0.39 is 24.2 Å². The predicted octanol–water partition coefficient (Wildman–Crippen LogP) is 8.23. The number of benzene rings is 2. The predicted molar refractivity (Wildman–Crippen MR) is 266 cm³/mol. The lowest BCUT2D eigenvalue weighted by atomic mass is 9.85. The van der Waals surface area contributed by atoms with Crippen molar-refractivity contribution in [3.8, 4) is 28.3 Å². The van der Waals surface area contributed by atoms with Crippen molar-refractivity contribution in [3.63, 3.8) is 0 Å². The molecule has 10 rings (SSSR count). The van der Waals surface area contributed by atoms with Crippen molar-refractivity contribution < 1.29 is 33.0 Å². The highest BCUT2D eigenvalue weighted by molar-refractivity contribution is 7.11. The number of H-pyrrole nitrogens is 1. The summed E-state index contributed by atoms with van der Waals surface area (Å²) < 4.78 is 36.7. The van der Waals surface area contributed by atoms with Gasteiger partial charge in [0.05, 0.1) is 89.1 Å². The van der Waals surface area contributed by atoms with Gasteiger partial charge in [-0.3, -0.25) is 19.1 Å². The van der Waals surface area contributed by atoms with E-state index in [0.717, 1.165) is 76.4 Å². The molecule has 6 unspecified atom stereocenters. The standard InChI is InChI=1S/C52H65FN10O6S/c1-8-15-61(49(64)45(27(2)3)60-52(66)67-7)26-43-55-23-37(58-43)32-20-35(53)44-40-21-33-19-31(13-14-38(33)63(40)51(69-41(44)22-32)42-25-57-48(70-42)30-11-12-30)36-24-56-47(59-36)39-10-9-16-62(39)50(65)46(54-6)34-17-28(4)68-29(5)18-34/h13-14,19-22,24-25,27-30,34,37,39,45-46,51,54H,8-12,15-18,23,26H2,1-7H3,(H,55,58)(H,56,59)(H,60,66)/t28-,29?,34?,37?,39?,45+,46?,51?/m1/s1. The largest absolute Gasteiger partial charge is 0.464 e. The van der Waals surface area contributed by atoms with Crippen LogP contribution in [0.15, 0.2) is 53.8 Å². The summed E-state index contributed by atoms with van der Waals surface area (Å²) >= 11 is 1.65. The number of carbonyl (C=O) groups is 3. The van der Waals surface area contributed by atoms with Crippen LogP contribution in [0.4, 0.5) is 9.18 Å². The number of nitrogens with one attached hydrogen (secondary N) is 4. The Kier molecular flexibility index (Phi) is 13.5. The fourth-order valence-electron chi connectivity index (χ4n) is 11.1. The van der Waals surface area contributed by atoms with Gasteiger partial charge in [0.2, 0.25) is 18.0 Å². The number of fused-ring (bicyclic) bond motifs is 5. The maximum atomic E-state index is 16.9. The van der Waals surface area contributed by atoms with Gasteiger partial charge in [0.15, 0.2) is 0 Å². The number of ether oxygens (including phenoxy) is 3. The molecule has 5 aliphatic rings. The Morgan fingerprint density at radius 2 is 1.86 bits per heavy atom. The van der Waals surface area contributed by atoms with Crippen LogP contribution in [0.1, 0.15) is 125 Å². The number of hydrogen-bond donors (Lipinski definition) is 4. The number of hydrogen-bond acceptors (Lipinski definition) is 12. The lowest BCUT2D eigenvalue weighted by Gasteiger charge is -2.38. The van der Waals surface area contributed by atoms with Gasteiger partial charge in [-0.15, -0.1) is 11.3 Å². The Morgan fingerprint density at radius 1 is 1.06 bits per heavy atom. The van der Waals surface area contributed by atoms with Gasteiger partial charge in [-0.25, -0.2) is 19.2 Å². The molecule has 3 fully saturated rings. The minimum atomic E-state index is -0.769. The number of carbonyl (C=O) groups excluding carboxylic acids is 3. The van der Waals surface area contributed by atoms with Crippen LogP contribution < -0.4 is 20.7 Å². The number of methoxy groups -OCH3 is 1. The SMILES string of the molecule is CCCN(CC1=NCC(c2cc(F)c3c(c2)OC(c2cnc(C4CC4)s2)n2c-3cc3cc(-c4cnc(C5CCCN5C(=O)C(NC)C5CC(C)O[C@H](C)C5)[nH]4)ccc32)N1)C(=O)[C@@H](NC(=O)OC)C(C)C. The first-order chi connectivity index (χ1) is 33.8. The summed E-state index contributed by atoms with van der Waals surface area (Å²) in [6.07, 6.45) is 9.08. The second kappa shape index (κ2) is 19.7. The fraction of sp³-hybridized carbons (Fsp3) is 0.538. The molecule has 5 aromatic rings. The van der Waals surface area contributed by atoms with Gasteiger partial charge in [0.1, 0.15) is 29.3 Å². The third-order valence-corrected chi connectivity index (χ3v) is 15.8. The number of rotatable bonds is 15. The zero-order valence-electron chi connectivity index (χ0n) is 41.1. The Balaban J connectivity index is 0.918. The smallest absolute Gasteiger partial charge is 0.407 e. The zero-order chi connectivity index (χ0) is 49.0. The number of thiazole rings is 1. The molecule has 18 heteroatoms. The van der Waals surface area contributed by atoms with Gasteiger partial charge >= 0.3 is 6.09 Å². The summed E-state index contributed by atoms with van der Waals surface area (Å²) in [5.41, 5.74) is 4.41. The highest BCUT2D eigenvalue weighted by Gasteiger charge is 2.41. The lowest BCUT2D eigenvalue weighted by molar-refractivity contribution is -0.138. The number of amides is 3. The summed E-state index contributed by atoms with van der Waals surface area (Å²) in [4.78, 5) is 62.8. The van der Waals surface area contributed by atoms with Gasteiger partial charge in [0.25, 0.3) is 0 Å². The molecule has 372 valence electrons. The fourth-order valence-corrected chi connectivity index (χ4v) is 12.2. The Bertz CT molecular complexity index is 2790. The molecule has 2 aromatic carbocycles. The first kappa shape index (κ1) is 47.8. The number of amidine groups is 1. The third kappa shape index (κ3) is 9.29. The number of nitrogens with zero attached hydrogens (tertiary/aromatic N) is 6. The Hall–Kier alpha value is -5.85. The van der Waals surface area contributed by atoms with Crippen LogP contribution in [0.5, 0.6) is 5.75 Å². The Labute approximate surface area is 412 Å². The number of alkyl carbamates (subject to hydrolysis) is 1. The van der Waals surface area contributed by atoms with Crippen LogP contribution in [0.25, 0.3) is 33.4 Å². The maximum Gasteiger partial charge on any atom is 0.407 e. The molecule has 7 heterocycles. The highest BCUT2D eigenvalue weighted by Crippen LogP contribution is 2.49. The molecule has 16 nitrogen and oxygen atoms in total. The lowest BCUT2D eigenvalue weighted by Crippen LogP contribution is -2.53. The first-order valence-electron chi connectivity index (χ1n) is 25.0. The van der Waals surface area contributed by atoms with Crippen LogP contribution in [-0.4, -0.2) is 118 Å². The highest BCUT2D eigenvalue weighted by atomic mass is 32.1. The van der Waals surface area contributed by atoms with Crippen molar-refractivity contribution in [2.75, 3.05) is 40.3 Å². The summed E-state index contributed by atoms with van der Waals surface area (Å²) in [5, 5.41) is 11.5. The van der Waals surface area contributed by atoms with E-state index in [1.54, 1.807) is 22.3 Å². The van der Waals surface area contributed by atoms with E-state index in [9.17, 15) is 14.4 Å². The molecule has 0 spiro atoms. The van der Waals surface area contributed by atoms with E-state index in [4.69, 9.17) is 29.2 Å². The van der Waals surface area contributed by atoms with E-state index in [1.165, 1.54) is 7.11 Å². The van der Waals surface area contributed by atoms with Crippen molar-refractivity contribution in [1.29, 1.82) is 0 Å². The normalized spacial score (nSPS) is 23.8. The van der Waals surface area contributed by atoms with E-state index in [1.807, 2.05) is 57.2 Å². The number of likely N-dealkylation sites (N-methyl/N-ethyl adjacent to an activating group) is 1. The first-order valence-corrected chi connectivity index (χ1v) is 25.9.